The van der Waals surface area contributed by atoms with Crippen molar-refractivity contribution in [1.29, 1.82) is 5.26 Å². The molecule has 1 aromatic rings. The molecule has 1 unspecified atom stereocenters. The van der Waals surface area contributed by atoms with Crippen molar-refractivity contribution < 1.29 is 26.4 Å². The predicted octanol–water partition coefficient (Wildman–Crippen LogP) is 3.58. The van der Waals surface area contributed by atoms with E-state index in [1.165, 1.54) is 6.07 Å². The second-order valence-electron chi connectivity index (χ2n) is 7.00. The summed E-state index contributed by atoms with van der Waals surface area (Å²) in [5.74, 6) is -1.03. The van der Waals surface area contributed by atoms with Crippen molar-refractivity contribution in [3.8, 4) is 6.07 Å². The van der Waals surface area contributed by atoms with Gasteiger partial charge in [0, 0.05) is 10.4 Å². The lowest BCUT2D eigenvalue weighted by Crippen LogP contribution is -2.39. The molecule has 2 aliphatic rings. The minimum Gasteiger partial charge on any atom is -0.338 e. The topological polar surface area (TPSA) is 87.0 Å². The van der Waals surface area contributed by atoms with Crippen LogP contribution in [0.5, 0.6) is 0 Å². The van der Waals surface area contributed by atoms with Gasteiger partial charge in [-0.2, -0.15) is 18.4 Å². The van der Waals surface area contributed by atoms with Crippen LogP contribution in [0.15, 0.2) is 27.6 Å². The molecule has 0 spiro atoms. The zero-order valence-electron chi connectivity index (χ0n) is 14.0. The van der Waals surface area contributed by atoms with E-state index in [1.807, 2.05) is 6.07 Å². The molecule has 2 atom stereocenters. The summed E-state index contributed by atoms with van der Waals surface area (Å²) < 4.78 is 65.7. The van der Waals surface area contributed by atoms with Crippen LogP contribution < -0.4 is 5.32 Å². The molecular formula is C17H16BrF3N2O3S. The predicted molar refractivity (Wildman–Crippen MR) is 93.2 cm³/mol. The van der Waals surface area contributed by atoms with Crippen molar-refractivity contribution in [1.82, 2.24) is 5.32 Å². The van der Waals surface area contributed by atoms with Gasteiger partial charge in [0.1, 0.15) is 5.54 Å². The Bertz CT molecular complexity index is 920. The number of carbonyl (C=O) groups excluding carboxylic acids is 1. The highest BCUT2D eigenvalue weighted by Crippen LogP contribution is 2.41. The first-order chi connectivity index (χ1) is 12.5. The van der Waals surface area contributed by atoms with E-state index in [2.05, 4.69) is 21.2 Å². The number of halogens is 4. The number of rotatable bonds is 4. The molecule has 1 amide bonds. The summed E-state index contributed by atoms with van der Waals surface area (Å²) in [5.41, 5.74) is -2.07. The Balaban J connectivity index is 1.81. The Kier molecular flexibility index (Phi) is 5.06. The number of hydrogen-bond donors (Lipinski definition) is 1. The molecule has 0 heterocycles. The molecule has 0 radical (unpaired) electrons. The van der Waals surface area contributed by atoms with E-state index in [-0.39, 0.29) is 23.7 Å². The molecule has 0 aromatic heterocycles. The number of nitrogens with one attached hydrogen (secondary N) is 1. The molecule has 0 aliphatic heterocycles. The average Bonchev–Trinajstić information content (AvgIpc) is 3.16. The van der Waals surface area contributed by atoms with Crippen molar-refractivity contribution in [3.05, 3.63) is 28.2 Å². The van der Waals surface area contributed by atoms with Crippen molar-refractivity contribution in [3.63, 3.8) is 0 Å². The van der Waals surface area contributed by atoms with E-state index in [4.69, 9.17) is 5.26 Å². The van der Waals surface area contributed by atoms with Gasteiger partial charge < -0.3 is 5.32 Å². The summed E-state index contributed by atoms with van der Waals surface area (Å²) in [5, 5.41) is 10.6. The molecule has 2 fully saturated rings. The number of nitrogens with zero attached hydrogens (tertiary/aromatic N) is 1. The van der Waals surface area contributed by atoms with E-state index >= 15 is 0 Å². The fourth-order valence-electron chi connectivity index (χ4n) is 3.34. The van der Waals surface area contributed by atoms with Gasteiger partial charge in [0.2, 0.25) is 5.91 Å². The third kappa shape index (κ3) is 3.99. The third-order valence-electron chi connectivity index (χ3n) is 5.07. The molecule has 10 heteroatoms. The second-order valence-corrected chi connectivity index (χ2v) is 10.1. The maximum Gasteiger partial charge on any atom is 0.417 e. The molecule has 3 rings (SSSR count). The summed E-state index contributed by atoms with van der Waals surface area (Å²) in [6.45, 7) is 0. The van der Waals surface area contributed by atoms with Crippen LogP contribution in [0.4, 0.5) is 13.2 Å². The highest BCUT2D eigenvalue weighted by atomic mass is 79.9. The summed E-state index contributed by atoms with van der Waals surface area (Å²) in [6, 6.07) is 4.97. The van der Waals surface area contributed by atoms with E-state index in [1.54, 1.807) is 0 Å². The number of amides is 1. The maximum atomic E-state index is 13.3. The fourth-order valence-corrected chi connectivity index (χ4v) is 5.73. The van der Waals surface area contributed by atoms with Gasteiger partial charge in [-0.25, -0.2) is 8.42 Å². The minimum absolute atomic E-state index is 0.0525. The monoisotopic (exact) mass is 464 g/mol. The molecule has 146 valence electrons. The van der Waals surface area contributed by atoms with Gasteiger partial charge in [-0.3, -0.25) is 4.79 Å². The van der Waals surface area contributed by atoms with Crippen LogP contribution in [-0.2, 0) is 20.8 Å². The van der Waals surface area contributed by atoms with E-state index in [0.717, 1.165) is 12.1 Å². The number of carbonyl (C=O) groups is 1. The van der Waals surface area contributed by atoms with Crippen LogP contribution in [0.2, 0.25) is 0 Å². The molecule has 2 saturated carbocycles. The molecule has 27 heavy (non-hydrogen) atoms. The Labute approximate surface area is 163 Å². The van der Waals surface area contributed by atoms with Gasteiger partial charge in [-0.05, 0) is 50.3 Å². The summed E-state index contributed by atoms with van der Waals surface area (Å²) in [4.78, 5) is 11.5. The smallest absolute Gasteiger partial charge is 0.338 e. The zero-order chi connectivity index (χ0) is 20.0. The van der Waals surface area contributed by atoms with Crippen LogP contribution >= 0.6 is 15.9 Å². The lowest BCUT2D eigenvalue weighted by Gasteiger charge is -2.18. The van der Waals surface area contributed by atoms with Gasteiger partial charge in [0.05, 0.1) is 21.8 Å². The number of nitriles is 1. The lowest BCUT2D eigenvalue weighted by molar-refractivity contribution is -0.140. The van der Waals surface area contributed by atoms with Gasteiger partial charge in [-0.15, -0.1) is 0 Å². The first-order valence-electron chi connectivity index (χ1n) is 8.32. The van der Waals surface area contributed by atoms with Crippen LogP contribution in [-0.4, -0.2) is 25.1 Å². The van der Waals surface area contributed by atoms with Crippen LogP contribution in [0, 0.1) is 17.2 Å². The molecule has 0 bridgehead atoms. The number of sulfone groups is 1. The standard InChI is InChI=1S/C17H16BrF3N2O3S/c18-11-2-4-14(13(8-11)17(19,20)21)27(25,26)12-3-1-10(7-12)15(24)23-16(9-22)5-6-16/h2,4,8,10,12H,1,3,5-7H2,(H,23,24)/t10-,12?/m1/s1. The number of alkyl halides is 3. The van der Waals surface area contributed by atoms with Gasteiger partial charge in [-0.1, -0.05) is 15.9 Å². The van der Waals surface area contributed by atoms with Crippen molar-refractivity contribution in [2.24, 2.45) is 5.92 Å². The molecule has 5 nitrogen and oxygen atoms in total. The number of hydrogen-bond acceptors (Lipinski definition) is 4. The van der Waals surface area contributed by atoms with Crippen LogP contribution in [0.3, 0.4) is 0 Å². The third-order valence-corrected chi connectivity index (χ3v) is 7.84. The van der Waals surface area contributed by atoms with Gasteiger partial charge in [0.25, 0.3) is 0 Å². The van der Waals surface area contributed by atoms with Crippen molar-refractivity contribution in [2.75, 3.05) is 0 Å². The first-order valence-corrected chi connectivity index (χ1v) is 10.7. The van der Waals surface area contributed by atoms with E-state index in [9.17, 15) is 26.4 Å². The van der Waals surface area contributed by atoms with Gasteiger partial charge in [0.15, 0.2) is 9.84 Å². The fraction of sp³-hybridized carbons (Fsp3) is 0.529. The van der Waals surface area contributed by atoms with Crippen molar-refractivity contribution in [2.45, 2.75) is 54.0 Å². The summed E-state index contributed by atoms with van der Waals surface area (Å²) in [7, 11) is -4.26. The molecule has 1 N–H and O–H groups in total. The quantitative estimate of drug-likeness (QED) is 0.737. The Morgan fingerprint density at radius 1 is 1.30 bits per heavy atom. The van der Waals surface area contributed by atoms with Crippen LogP contribution in [0.25, 0.3) is 0 Å². The Hall–Kier alpha value is -1.60. The molecular weight excluding hydrogens is 449 g/mol. The highest BCUT2D eigenvalue weighted by molar-refractivity contribution is 9.10. The number of benzene rings is 1. The van der Waals surface area contributed by atoms with E-state index < -0.39 is 49.1 Å². The lowest BCUT2D eigenvalue weighted by atomic mass is 10.1. The maximum absolute atomic E-state index is 13.3. The summed E-state index contributed by atoms with van der Waals surface area (Å²) >= 11 is 2.93. The SMILES string of the molecule is N#CC1(NC(=O)[C@@H]2CCC(S(=O)(=O)c3ccc(Br)cc3C(F)(F)F)C2)CC1. The van der Waals surface area contributed by atoms with Crippen LogP contribution in [0.1, 0.15) is 37.7 Å². The highest BCUT2D eigenvalue weighted by Gasteiger charge is 2.48. The zero-order valence-corrected chi connectivity index (χ0v) is 16.4. The molecule has 0 saturated heterocycles. The van der Waals surface area contributed by atoms with E-state index in [0.29, 0.717) is 12.8 Å². The van der Waals surface area contributed by atoms with Crippen molar-refractivity contribution >= 4 is 31.7 Å². The summed E-state index contributed by atoms with van der Waals surface area (Å²) in [6.07, 6.45) is -3.40. The Morgan fingerprint density at radius 2 is 1.96 bits per heavy atom. The normalized spacial score (nSPS) is 24.3. The molecule has 2 aliphatic carbocycles. The van der Waals surface area contributed by atoms with Gasteiger partial charge >= 0.3 is 6.18 Å². The average molecular weight is 465 g/mol. The second kappa shape index (κ2) is 6.78. The Morgan fingerprint density at radius 3 is 2.52 bits per heavy atom. The minimum atomic E-state index is -4.81. The largest absolute Gasteiger partial charge is 0.417 e. The molecule has 1 aromatic carbocycles. The first kappa shape index (κ1) is 20.1.